The van der Waals surface area contributed by atoms with Crippen LogP contribution >= 0.6 is 15.9 Å². The van der Waals surface area contributed by atoms with Crippen molar-refractivity contribution in [2.24, 2.45) is 0 Å². The predicted molar refractivity (Wildman–Crippen MR) is 75.9 cm³/mol. The van der Waals surface area contributed by atoms with Crippen molar-refractivity contribution in [3.63, 3.8) is 0 Å². The summed E-state index contributed by atoms with van der Waals surface area (Å²) in [5, 5.41) is 6.38. The minimum Gasteiger partial charge on any atom is -0.360 e. The van der Waals surface area contributed by atoms with Gasteiger partial charge < -0.3 is 9.42 Å². The molecule has 0 saturated heterocycles. The van der Waals surface area contributed by atoms with Crippen LogP contribution in [0.4, 0.5) is 10.6 Å². The quantitative estimate of drug-likeness (QED) is 0.941. The maximum absolute atomic E-state index is 11.9. The molecule has 0 aliphatic rings. The van der Waals surface area contributed by atoms with Crippen molar-refractivity contribution in [2.45, 2.75) is 13.5 Å². The van der Waals surface area contributed by atoms with Gasteiger partial charge >= 0.3 is 6.03 Å². The molecule has 1 N–H and O–H groups in total. The molecule has 0 unspecified atom stereocenters. The highest BCUT2D eigenvalue weighted by Gasteiger charge is 2.11. The zero-order valence-corrected chi connectivity index (χ0v) is 12.3. The van der Waals surface area contributed by atoms with Crippen molar-refractivity contribution in [3.8, 4) is 0 Å². The van der Waals surface area contributed by atoms with Crippen LogP contribution in [-0.4, -0.2) is 23.1 Å². The van der Waals surface area contributed by atoms with Crippen molar-refractivity contribution in [2.75, 3.05) is 12.4 Å². The topological polar surface area (TPSA) is 58.4 Å². The van der Waals surface area contributed by atoms with Gasteiger partial charge in [-0.15, -0.1) is 0 Å². The number of urea groups is 1. The number of halogens is 1. The number of hydrogen-bond acceptors (Lipinski definition) is 3. The van der Waals surface area contributed by atoms with E-state index in [1.165, 1.54) is 0 Å². The van der Waals surface area contributed by atoms with Gasteiger partial charge in [-0.25, -0.2) is 4.79 Å². The SMILES string of the molecule is Cc1cc(NC(=O)N(C)Cc2ccc(Br)cc2)no1. The molecule has 0 aliphatic carbocycles. The lowest BCUT2D eigenvalue weighted by Crippen LogP contribution is -2.30. The van der Waals surface area contributed by atoms with Crippen LogP contribution in [0.3, 0.4) is 0 Å². The Balaban J connectivity index is 1.94. The largest absolute Gasteiger partial charge is 0.360 e. The van der Waals surface area contributed by atoms with Crippen LogP contribution in [0.5, 0.6) is 0 Å². The number of nitrogens with zero attached hydrogens (tertiary/aromatic N) is 2. The van der Waals surface area contributed by atoms with E-state index < -0.39 is 0 Å². The first-order valence-corrected chi connectivity index (χ1v) is 6.54. The fourth-order valence-electron chi connectivity index (χ4n) is 1.57. The van der Waals surface area contributed by atoms with Crippen LogP contribution in [0.15, 0.2) is 39.3 Å². The van der Waals surface area contributed by atoms with E-state index in [0.29, 0.717) is 18.1 Å². The molecule has 1 aromatic carbocycles. The molecule has 0 radical (unpaired) electrons. The number of amides is 2. The van der Waals surface area contributed by atoms with Crippen LogP contribution in [0.2, 0.25) is 0 Å². The third kappa shape index (κ3) is 3.82. The number of anilines is 1. The lowest BCUT2D eigenvalue weighted by Gasteiger charge is -2.17. The Morgan fingerprint density at radius 3 is 2.68 bits per heavy atom. The Kier molecular flexibility index (Phi) is 4.21. The van der Waals surface area contributed by atoms with Crippen molar-refractivity contribution in [3.05, 3.63) is 46.1 Å². The van der Waals surface area contributed by atoms with Crippen LogP contribution in [0.1, 0.15) is 11.3 Å². The highest BCUT2D eigenvalue weighted by Crippen LogP contribution is 2.13. The maximum atomic E-state index is 11.9. The van der Waals surface area contributed by atoms with Crippen LogP contribution in [0.25, 0.3) is 0 Å². The van der Waals surface area contributed by atoms with E-state index in [0.717, 1.165) is 10.0 Å². The van der Waals surface area contributed by atoms with E-state index in [9.17, 15) is 4.79 Å². The summed E-state index contributed by atoms with van der Waals surface area (Å²) < 4.78 is 5.90. The van der Waals surface area contributed by atoms with E-state index in [2.05, 4.69) is 26.4 Å². The van der Waals surface area contributed by atoms with Gasteiger partial charge in [-0.3, -0.25) is 5.32 Å². The molecule has 1 aromatic heterocycles. The number of aryl methyl sites for hydroxylation is 1. The number of aromatic nitrogens is 1. The molecular weight excluding hydrogens is 310 g/mol. The summed E-state index contributed by atoms with van der Waals surface area (Å²) in [6.45, 7) is 2.30. The zero-order chi connectivity index (χ0) is 13.8. The first-order chi connectivity index (χ1) is 9.04. The molecule has 1 heterocycles. The molecule has 0 fully saturated rings. The standard InChI is InChI=1S/C13H14BrN3O2/c1-9-7-12(16-19-9)15-13(18)17(2)8-10-3-5-11(14)6-4-10/h3-7H,8H2,1-2H3,(H,15,16,18). The number of hydrogen-bond donors (Lipinski definition) is 1. The maximum Gasteiger partial charge on any atom is 0.323 e. The minimum absolute atomic E-state index is 0.226. The van der Waals surface area contributed by atoms with Gasteiger partial charge in [0.1, 0.15) is 5.76 Å². The molecule has 0 aliphatic heterocycles. The number of carbonyl (C=O) groups is 1. The number of benzene rings is 1. The molecule has 0 spiro atoms. The van der Waals surface area contributed by atoms with Crippen LogP contribution < -0.4 is 5.32 Å². The van der Waals surface area contributed by atoms with Gasteiger partial charge in [0, 0.05) is 24.1 Å². The third-order valence-electron chi connectivity index (χ3n) is 2.54. The second-order valence-corrected chi connectivity index (χ2v) is 5.15. The van der Waals surface area contributed by atoms with E-state index in [1.54, 1.807) is 24.9 Å². The molecular formula is C13H14BrN3O2. The fourth-order valence-corrected chi connectivity index (χ4v) is 1.83. The van der Waals surface area contributed by atoms with E-state index in [1.807, 2.05) is 24.3 Å². The van der Waals surface area contributed by atoms with Gasteiger partial charge in [0.25, 0.3) is 0 Å². The highest BCUT2D eigenvalue weighted by atomic mass is 79.9. The van der Waals surface area contributed by atoms with Gasteiger partial charge in [0.15, 0.2) is 5.82 Å². The highest BCUT2D eigenvalue weighted by molar-refractivity contribution is 9.10. The summed E-state index contributed by atoms with van der Waals surface area (Å²) >= 11 is 3.38. The van der Waals surface area contributed by atoms with Gasteiger partial charge in [0.2, 0.25) is 0 Å². The van der Waals surface area contributed by atoms with Crippen LogP contribution in [0, 0.1) is 6.92 Å². The smallest absolute Gasteiger partial charge is 0.323 e. The second kappa shape index (κ2) is 5.88. The first-order valence-electron chi connectivity index (χ1n) is 5.74. The Labute approximate surface area is 119 Å². The van der Waals surface area contributed by atoms with Crippen molar-refractivity contribution in [1.29, 1.82) is 0 Å². The Morgan fingerprint density at radius 2 is 2.11 bits per heavy atom. The van der Waals surface area contributed by atoms with Crippen LogP contribution in [-0.2, 0) is 6.54 Å². The second-order valence-electron chi connectivity index (χ2n) is 4.24. The van der Waals surface area contributed by atoms with E-state index in [-0.39, 0.29) is 6.03 Å². The molecule has 2 amide bonds. The number of rotatable bonds is 3. The Bertz CT molecular complexity index is 566. The Hall–Kier alpha value is -1.82. The average Bonchev–Trinajstić information content (AvgIpc) is 2.77. The van der Waals surface area contributed by atoms with E-state index >= 15 is 0 Å². The molecule has 0 bridgehead atoms. The minimum atomic E-state index is -0.226. The van der Waals surface area contributed by atoms with Gasteiger partial charge in [-0.05, 0) is 24.6 Å². The third-order valence-corrected chi connectivity index (χ3v) is 3.07. The molecule has 2 aromatic rings. The monoisotopic (exact) mass is 323 g/mol. The van der Waals surface area contributed by atoms with E-state index in [4.69, 9.17) is 4.52 Å². The van der Waals surface area contributed by atoms with Gasteiger partial charge in [-0.1, -0.05) is 33.2 Å². The number of nitrogens with one attached hydrogen (secondary N) is 1. The lowest BCUT2D eigenvalue weighted by molar-refractivity contribution is 0.220. The van der Waals surface area contributed by atoms with Crippen molar-refractivity contribution < 1.29 is 9.32 Å². The summed E-state index contributed by atoms with van der Waals surface area (Å²) in [4.78, 5) is 13.5. The molecule has 0 saturated carbocycles. The molecule has 0 atom stereocenters. The molecule has 100 valence electrons. The lowest BCUT2D eigenvalue weighted by atomic mass is 10.2. The summed E-state index contributed by atoms with van der Waals surface area (Å²) in [6.07, 6.45) is 0. The number of carbonyl (C=O) groups excluding carboxylic acids is 1. The molecule has 5 nitrogen and oxygen atoms in total. The van der Waals surface area contributed by atoms with Crippen molar-refractivity contribution >= 4 is 27.8 Å². The average molecular weight is 324 g/mol. The summed E-state index contributed by atoms with van der Waals surface area (Å²) in [6, 6.07) is 9.27. The van der Waals surface area contributed by atoms with Gasteiger partial charge in [0.05, 0.1) is 0 Å². The predicted octanol–water partition coefficient (Wildman–Crippen LogP) is 3.41. The first kappa shape index (κ1) is 13.6. The zero-order valence-electron chi connectivity index (χ0n) is 10.7. The normalized spacial score (nSPS) is 10.3. The molecule has 2 rings (SSSR count). The fraction of sp³-hybridized carbons (Fsp3) is 0.231. The Morgan fingerprint density at radius 1 is 1.42 bits per heavy atom. The summed E-state index contributed by atoms with van der Waals surface area (Å²) in [5.41, 5.74) is 1.05. The van der Waals surface area contributed by atoms with Gasteiger partial charge in [-0.2, -0.15) is 0 Å². The molecule has 19 heavy (non-hydrogen) atoms. The van der Waals surface area contributed by atoms with Crippen molar-refractivity contribution in [1.82, 2.24) is 10.1 Å². The molecule has 6 heteroatoms. The summed E-state index contributed by atoms with van der Waals surface area (Å²) in [5.74, 6) is 1.08. The summed E-state index contributed by atoms with van der Waals surface area (Å²) in [7, 11) is 1.73.